The largest absolute Gasteiger partial charge is 0.371 e. The van der Waals surface area contributed by atoms with E-state index in [4.69, 9.17) is 4.74 Å². The number of ketones is 1. The minimum atomic E-state index is -0.557. The minimum absolute atomic E-state index is 0.0646. The van der Waals surface area contributed by atoms with E-state index >= 15 is 0 Å². The molecule has 0 amide bonds. The maximum atomic E-state index is 13.7. The average molecular weight is 395 g/mol. The van der Waals surface area contributed by atoms with E-state index in [1.165, 1.54) is 11.1 Å². The maximum Gasteiger partial charge on any atom is 0.183 e. The fourth-order valence-electron chi connectivity index (χ4n) is 4.17. The highest BCUT2D eigenvalue weighted by atomic mass is 16.5. The number of benzene rings is 2. The molecule has 4 nitrogen and oxygen atoms in total. The number of nitrogens with zero attached hydrogens (tertiary/aromatic N) is 1. The summed E-state index contributed by atoms with van der Waals surface area (Å²) in [4.78, 5) is 15.8. The lowest BCUT2D eigenvalue weighted by molar-refractivity contribution is 0.0277. The van der Waals surface area contributed by atoms with Crippen molar-refractivity contribution < 1.29 is 9.53 Å². The standard InChI is InChI=1S/C25H34N2O2/c1-5-19-7-9-20(10-8-19)17-25(6-2,27(3)4)24(28)22-13-11-21(12-14-22)23-18-26-15-16-29-23/h7-14,23,26H,5-6,15-18H2,1-4H3. The summed E-state index contributed by atoms with van der Waals surface area (Å²) in [6, 6.07) is 16.7. The van der Waals surface area contributed by atoms with E-state index in [1.807, 2.05) is 38.4 Å². The molecule has 3 rings (SSSR count). The van der Waals surface area contributed by atoms with E-state index < -0.39 is 5.54 Å². The molecule has 1 aliphatic rings. The highest BCUT2D eigenvalue weighted by Gasteiger charge is 2.39. The molecule has 2 aromatic rings. The molecule has 0 aromatic heterocycles. The first-order valence-corrected chi connectivity index (χ1v) is 10.7. The van der Waals surface area contributed by atoms with E-state index in [0.29, 0.717) is 6.42 Å². The zero-order valence-corrected chi connectivity index (χ0v) is 18.2. The number of Topliss-reactive ketones (excluding diaryl/α,β-unsaturated/α-hetero) is 1. The molecule has 29 heavy (non-hydrogen) atoms. The number of hydrogen-bond donors (Lipinski definition) is 1. The van der Waals surface area contributed by atoms with Gasteiger partial charge in [-0.25, -0.2) is 0 Å². The highest BCUT2D eigenvalue weighted by Crippen LogP contribution is 2.29. The molecule has 1 aliphatic heterocycles. The van der Waals surface area contributed by atoms with Gasteiger partial charge in [0.05, 0.1) is 18.2 Å². The summed E-state index contributed by atoms with van der Waals surface area (Å²) >= 11 is 0. The number of nitrogens with one attached hydrogen (secondary N) is 1. The Bertz CT molecular complexity index is 793. The lowest BCUT2D eigenvalue weighted by Gasteiger charge is -2.38. The molecule has 2 unspecified atom stereocenters. The van der Waals surface area contributed by atoms with Crippen molar-refractivity contribution in [1.82, 2.24) is 10.2 Å². The molecule has 0 radical (unpaired) electrons. The van der Waals surface area contributed by atoms with Gasteiger partial charge in [0.25, 0.3) is 0 Å². The molecule has 1 saturated heterocycles. The zero-order chi connectivity index (χ0) is 20.9. The average Bonchev–Trinajstić information content (AvgIpc) is 2.78. The summed E-state index contributed by atoms with van der Waals surface area (Å²) in [7, 11) is 4.02. The molecule has 1 heterocycles. The molecule has 0 bridgehead atoms. The predicted molar refractivity (Wildman–Crippen MR) is 119 cm³/mol. The minimum Gasteiger partial charge on any atom is -0.371 e. The Balaban J connectivity index is 1.84. The molecule has 0 spiro atoms. The van der Waals surface area contributed by atoms with Gasteiger partial charge in [-0.2, -0.15) is 0 Å². The van der Waals surface area contributed by atoms with E-state index in [-0.39, 0.29) is 11.9 Å². The lowest BCUT2D eigenvalue weighted by atomic mass is 9.80. The van der Waals surface area contributed by atoms with Gasteiger partial charge < -0.3 is 10.1 Å². The zero-order valence-electron chi connectivity index (χ0n) is 18.2. The number of ether oxygens (including phenoxy) is 1. The van der Waals surface area contributed by atoms with Gasteiger partial charge in [0.1, 0.15) is 0 Å². The van der Waals surface area contributed by atoms with Crippen LogP contribution in [0.25, 0.3) is 0 Å². The van der Waals surface area contributed by atoms with Crippen molar-refractivity contribution in [2.75, 3.05) is 33.8 Å². The van der Waals surface area contributed by atoms with Crippen LogP contribution >= 0.6 is 0 Å². The van der Waals surface area contributed by atoms with Crippen LogP contribution in [0.3, 0.4) is 0 Å². The number of morpholine rings is 1. The first-order valence-electron chi connectivity index (χ1n) is 10.7. The second-order valence-electron chi connectivity index (χ2n) is 8.14. The van der Waals surface area contributed by atoms with Crippen molar-refractivity contribution in [3.63, 3.8) is 0 Å². The van der Waals surface area contributed by atoms with Crippen LogP contribution in [0.15, 0.2) is 48.5 Å². The molecule has 0 saturated carbocycles. The number of carbonyl (C=O) groups excluding carboxylic acids is 1. The van der Waals surface area contributed by atoms with Crippen LogP contribution in [0, 0.1) is 0 Å². The first kappa shape index (κ1) is 21.7. The third-order valence-corrected chi connectivity index (χ3v) is 6.26. The molecule has 0 aliphatic carbocycles. The molecule has 4 heteroatoms. The van der Waals surface area contributed by atoms with Crippen LogP contribution < -0.4 is 5.32 Å². The van der Waals surface area contributed by atoms with E-state index in [2.05, 4.69) is 48.3 Å². The Morgan fingerprint density at radius 1 is 1.07 bits per heavy atom. The normalized spacial score (nSPS) is 19.1. The Labute approximate surface area is 175 Å². The van der Waals surface area contributed by atoms with Crippen LogP contribution in [-0.2, 0) is 17.6 Å². The Hall–Kier alpha value is -2.01. The number of carbonyl (C=O) groups is 1. The fraction of sp³-hybridized carbons (Fsp3) is 0.480. The Morgan fingerprint density at radius 3 is 2.24 bits per heavy atom. The number of rotatable bonds is 8. The van der Waals surface area contributed by atoms with Crippen molar-refractivity contribution in [1.29, 1.82) is 0 Å². The second-order valence-corrected chi connectivity index (χ2v) is 8.14. The van der Waals surface area contributed by atoms with Gasteiger partial charge in [-0.05, 0) is 50.0 Å². The first-order chi connectivity index (χ1) is 14.0. The molecule has 1 N–H and O–H groups in total. The number of likely N-dealkylation sites (N-methyl/N-ethyl adjacent to an activating group) is 1. The molecule has 2 atom stereocenters. The van der Waals surface area contributed by atoms with Gasteiger partial charge in [-0.15, -0.1) is 0 Å². The van der Waals surface area contributed by atoms with Gasteiger partial charge in [0.15, 0.2) is 5.78 Å². The van der Waals surface area contributed by atoms with Gasteiger partial charge in [-0.3, -0.25) is 9.69 Å². The van der Waals surface area contributed by atoms with E-state index in [1.54, 1.807) is 0 Å². The van der Waals surface area contributed by atoms with Crippen LogP contribution in [0.5, 0.6) is 0 Å². The van der Waals surface area contributed by atoms with Crippen LogP contribution in [0.2, 0.25) is 0 Å². The number of hydrogen-bond acceptors (Lipinski definition) is 4. The van der Waals surface area contributed by atoms with Gasteiger partial charge in [0.2, 0.25) is 0 Å². The Kier molecular flexibility index (Phi) is 7.23. The topological polar surface area (TPSA) is 41.6 Å². The number of aryl methyl sites for hydroxylation is 1. The molecule has 2 aromatic carbocycles. The summed E-state index contributed by atoms with van der Waals surface area (Å²) in [5.41, 5.74) is 3.85. The summed E-state index contributed by atoms with van der Waals surface area (Å²) < 4.78 is 5.83. The SMILES string of the molecule is CCc1ccc(CC(CC)(C(=O)c2ccc(C3CNCCO3)cc2)N(C)C)cc1. The summed E-state index contributed by atoms with van der Waals surface area (Å²) in [6.07, 6.45) is 2.55. The van der Waals surface area contributed by atoms with Crippen molar-refractivity contribution in [2.24, 2.45) is 0 Å². The monoisotopic (exact) mass is 394 g/mol. The maximum absolute atomic E-state index is 13.7. The summed E-state index contributed by atoms with van der Waals surface area (Å²) in [6.45, 7) is 6.70. The van der Waals surface area contributed by atoms with Crippen molar-refractivity contribution in [2.45, 2.75) is 44.8 Å². The smallest absolute Gasteiger partial charge is 0.183 e. The van der Waals surface area contributed by atoms with E-state index in [9.17, 15) is 4.79 Å². The highest BCUT2D eigenvalue weighted by molar-refractivity contribution is 6.03. The second kappa shape index (κ2) is 9.66. The quantitative estimate of drug-likeness (QED) is 0.686. The van der Waals surface area contributed by atoms with Gasteiger partial charge >= 0.3 is 0 Å². The molecular formula is C25H34N2O2. The lowest BCUT2D eigenvalue weighted by Crippen LogP contribution is -2.52. The molecule has 156 valence electrons. The van der Waals surface area contributed by atoms with Crippen LogP contribution in [-0.4, -0.2) is 50.0 Å². The summed E-state index contributed by atoms with van der Waals surface area (Å²) in [5.74, 6) is 0.179. The van der Waals surface area contributed by atoms with Gasteiger partial charge in [0, 0.05) is 18.7 Å². The van der Waals surface area contributed by atoms with Gasteiger partial charge in [-0.1, -0.05) is 62.4 Å². The molecule has 1 fully saturated rings. The van der Waals surface area contributed by atoms with Crippen molar-refractivity contribution in [3.8, 4) is 0 Å². The third kappa shape index (κ3) is 4.77. The Morgan fingerprint density at radius 2 is 1.72 bits per heavy atom. The summed E-state index contributed by atoms with van der Waals surface area (Å²) in [5, 5.41) is 3.36. The van der Waals surface area contributed by atoms with Crippen molar-refractivity contribution >= 4 is 5.78 Å². The fourth-order valence-corrected chi connectivity index (χ4v) is 4.17. The van der Waals surface area contributed by atoms with Crippen LogP contribution in [0.1, 0.15) is 53.4 Å². The predicted octanol–water partition coefficient (Wildman–Crippen LogP) is 4.05. The van der Waals surface area contributed by atoms with E-state index in [0.717, 1.165) is 43.7 Å². The van der Waals surface area contributed by atoms with Crippen LogP contribution in [0.4, 0.5) is 0 Å². The van der Waals surface area contributed by atoms with Crippen molar-refractivity contribution in [3.05, 3.63) is 70.8 Å². The third-order valence-electron chi connectivity index (χ3n) is 6.26. The molecular weight excluding hydrogens is 360 g/mol.